The van der Waals surface area contributed by atoms with E-state index in [4.69, 9.17) is 5.73 Å². The molecule has 12 heavy (non-hydrogen) atoms. The summed E-state index contributed by atoms with van der Waals surface area (Å²) in [5.41, 5.74) is 5.38. The molecule has 0 aromatic rings. The first-order valence-electron chi connectivity index (χ1n) is 4.69. The fourth-order valence-corrected chi connectivity index (χ4v) is 2.46. The number of amides is 1. The Morgan fingerprint density at radius 1 is 1.50 bits per heavy atom. The van der Waals surface area contributed by atoms with Crippen LogP contribution in [0.25, 0.3) is 0 Å². The SMILES string of the molecule is CC1(C2CC2)NCCC1C(N)=O. The van der Waals surface area contributed by atoms with Gasteiger partial charge in [-0.25, -0.2) is 0 Å². The molecule has 68 valence electrons. The average molecular weight is 168 g/mol. The average Bonchev–Trinajstić information content (AvgIpc) is 2.76. The summed E-state index contributed by atoms with van der Waals surface area (Å²) in [4.78, 5) is 11.1. The number of primary amides is 1. The lowest BCUT2D eigenvalue weighted by molar-refractivity contribution is -0.123. The largest absolute Gasteiger partial charge is 0.369 e. The molecule has 3 N–H and O–H groups in total. The molecule has 1 saturated heterocycles. The van der Waals surface area contributed by atoms with Gasteiger partial charge in [-0.2, -0.15) is 0 Å². The predicted octanol–water partition coefficient (Wildman–Crippen LogP) is 0.250. The van der Waals surface area contributed by atoms with Gasteiger partial charge in [0.1, 0.15) is 0 Å². The van der Waals surface area contributed by atoms with E-state index in [1.807, 2.05) is 0 Å². The molecule has 2 atom stereocenters. The van der Waals surface area contributed by atoms with Crippen LogP contribution in [-0.4, -0.2) is 18.0 Å². The van der Waals surface area contributed by atoms with Crippen LogP contribution in [-0.2, 0) is 4.79 Å². The molecule has 2 rings (SSSR count). The smallest absolute Gasteiger partial charge is 0.222 e. The van der Waals surface area contributed by atoms with E-state index in [0.29, 0.717) is 5.92 Å². The first kappa shape index (κ1) is 8.05. The zero-order valence-electron chi connectivity index (χ0n) is 7.47. The summed E-state index contributed by atoms with van der Waals surface area (Å²) in [5.74, 6) is 0.622. The zero-order valence-corrected chi connectivity index (χ0v) is 7.47. The summed E-state index contributed by atoms with van der Waals surface area (Å²) < 4.78 is 0. The van der Waals surface area contributed by atoms with Gasteiger partial charge in [0.15, 0.2) is 0 Å². The van der Waals surface area contributed by atoms with Crippen LogP contribution in [0.4, 0.5) is 0 Å². The summed E-state index contributed by atoms with van der Waals surface area (Å²) in [6.07, 6.45) is 3.43. The Bertz CT molecular complexity index is 213. The molecule has 0 spiro atoms. The number of carbonyl (C=O) groups excluding carboxylic acids is 1. The van der Waals surface area contributed by atoms with E-state index >= 15 is 0 Å². The molecule has 0 bridgehead atoms. The topological polar surface area (TPSA) is 55.1 Å². The van der Waals surface area contributed by atoms with Crippen molar-refractivity contribution >= 4 is 5.91 Å². The lowest BCUT2D eigenvalue weighted by atomic mass is 9.82. The van der Waals surface area contributed by atoms with Crippen molar-refractivity contribution in [1.82, 2.24) is 5.32 Å². The quantitative estimate of drug-likeness (QED) is 0.621. The third-order valence-electron chi connectivity index (χ3n) is 3.43. The third-order valence-corrected chi connectivity index (χ3v) is 3.43. The van der Waals surface area contributed by atoms with Gasteiger partial charge in [-0.3, -0.25) is 4.79 Å². The number of carbonyl (C=O) groups is 1. The van der Waals surface area contributed by atoms with Crippen molar-refractivity contribution in [2.45, 2.75) is 31.7 Å². The lowest BCUT2D eigenvalue weighted by Crippen LogP contribution is -2.48. The second-order valence-corrected chi connectivity index (χ2v) is 4.23. The van der Waals surface area contributed by atoms with Crippen molar-refractivity contribution in [1.29, 1.82) is 0 Å². The van der Waals surface area contributed by atoms with Crippen LogP contribution in [0.3, 0.4) is 0 Å². The Morgan fingerprint density at radius 3 is 2.67 bits per heavy atom. The van der Waals surface area contributed by atoms with Gasteiger partial charge in [0.05, 0.1) is 5.92 Å². The van der Waals surface area contributed by atoms with Crippen molar-refractivity contribution in [3.63, 3.8) is 0 Å². The van der Waals surface area contributed by atoms with Crippen LogP contribution < -0.4 is 11.1 Å². The summed E-state index contributed by atoms with van der Waals surface area (Å²) in [6.45, 7) is 3.09. The van der Waals surface area contributed by atoms with E-state index in [1.54, 1.807) is 0 Å². The molecule has 0 aromatic carbocycles. The maximum atomic E-state index is 11.1. The van der Waals surface area contributed by atoms with E-state index in [9.17, 15) is 4.79 Å². The van der Waals surface area contributed by atoms with Crippen molar-refractivity contribution in [2.75, 3.05) is 6.54 Å². The highest BCUT2D eigenvalue weighted by molar-refractivity contribution is 5.78. The summed E-state index contributed by atoms with van der Waals surface area (Å²) >= 11 is 0. The Balaban J connectivity index is 2.16. The van der Waals surface area contributed by atoms with E-state index in [0.717, 1.165) is 13.0 Å². The third kappa shape index (κ3) is 1.04. The Labute approximate surface area is 72.7 Å². The molecule has 1 aliphatic carbocycles. The monoisotopic (exact) mass is 168 g/mol. The first-order valence-corrected chi connectivity index (χ1v) is 4.69. The van der Waals surface area contributed by atoms with Crippen LogP contribution in [0.1, 0.15) is 26.2 Å². The Kier molecular flexibility index (Phi) is 1.65. The van der Waals surface area contributed by atoms with Gasteiger partial charge in [-0.1, -0.05) is 0 Å². The maximum absolute atomic E-state index is 11.1. The normalized spacial score (nSPS) is 41.6. The molecule has 1 amide bonds. The van der Waals surface area contributed by atoms with Crippen molar-refractivity contribution in [2.24, 2.45) is 17.6 Å². The van der Waals surface area contributed by atoms with E-state index in [-0.39, 0.29) is 17.4 Å². The number of hydrogen-bond donors (Lipinski definition) is 2. The highest BCUT2D eigenvalue weighted by atomic mass is 16.1. The number of rotatable bonds is 2. The second kappa shape index (κ2) is 2.46. The van der Waals surface area contributed by atoms with Gasteiger partial charge in [-0.05, 0) is 38.6 Å². The van der Waals surface area contributed by atoms with E-state index in [2.05, 4.69) is 12.2 Å². The van der Waals surface area contributed by atoms with Crippen molar-refractivity contribution < 1.29 is 4.79 Å². The number of nitrogens with two attached hydrogens (primary N) is 1. The van der Waals surface area contributed by atoms with Gasteiger partial charge >= 0.3 is 0 Å². The number of nitrogens with one attached hydrogen (secondary N) is 1. The van der Waals surface area contributed by atoms with Gasteiger partial charge < -0.3 is 11.1 Å². The van der Waals surface area contributed by atoms with Crippen molar-refractivity contribution in [3.8, 4) is 0 Å². The lowest BCUT2D eigenvalue weighted by Gasteiger charge is -2.29. The van der Waals surface area contributed by atoms with E-state index < -0.39 is 0 Å². The Hall–Kier alpha value is -0.570. The van der Waals surface area contributed by atoms with Gasteiger partial charge in [0.2, 0.25) is 5.91 Å². The number of hydrogen-bond acceptors (Lipinski definition) is 2. The van der Waals surface area contributed by atoms with Crippen LogP contribution in [0.5, 0.6) is 0 Å². The molecule has 0 radical (unpaired) electrons. The highest BCUT2D eigenvalue weighted by Gasteiger charge is 2.51. The fraction of sp³-hybridized carbons (Fsp3) is 0.889. The summed E-state index contributed by atoms with van der Waals surface area (Å²) in [5, 5.41) is 3.43. The zero-order chi connectivity index (χ0) is 8.77. The molecule has 1 saturated carbocycles. The molecule has 3 nitrogen and oxygen atoms in total. The highest BCUT2D eigenvalue weighted by Crippen LogP contribution is 2.46. The minimum atomic E-state index is -0.130. The van der Waals surface area contributed by atoms with E-state index in [1.165, 1.54) is 12.8 Å². The molecule has 2 unspecified atom stereocenters. The molecule has 2 fully saturated rings. The standard InChI is InChI=1S/C9H16N2O/c1-9(6-2-3-6)7(8(10)12)4-5-11-9/h6-7,11H,2-5H2,1H3,(H2,10,12). The van der Waals surface area contributed by atoms with Crippen LogP contribution >= 0.6 is 0 Å². The molecular formula is C9H16N2O. The fourth-order valence-electron chi connectivity index (χ4n) is 2.46. The first-order chi connectivity index (χ1) is 5.64. The minimum Gasteiger partial charge on any atom is -0.369 e. The van der Waals surface area contributed by atoms with Gasteiger partial charge in [0, 0.05) is 5.54 Å². The van der Waals surface area contributed by atoms with Crippen LogP contribution in [0.15, 0.2) is 0 Å². The van der Waals surface area contributed by atoms with Gasteiger partial charge in [-0.15, -0.1) is 0 Å². The van der Waals surface area contributed by atoms with Crippen LogP contribution in [0, 0.1) is 11.8 Å². The summed E-state index contributed by atoms with van der Waals surface area (Å²) in [7, 11) is 0. The summed E-state index contributed by atoms with van der Waals surface area (Å²) in [6, 6.07) is 0. The molecule has 1 heterocycles. The maximum Gasteiger partial charge on any atom is 0.222 e. The molecule has 3 heteroatoms. The molecular weight excluding hydrogens is 152 g/mol. The molecule has 2 aliphatic rings. The minimum absolute atomic E-state index is 0.0197. The second-order valence-electron chi connectivity index (χ2n) is 4.23. The Morgan fingerprint density at radius 2 is 2.17 bits per heavy atom. The molecule has 1 aliphatic heterocycles. The van der Waals surface area contributed by atoms with Crippen LogP contribution in [0.2, 0.25) is 0 Å². The van der Waals surface area contributed by atoms with Crippen molar-refractivity contribution in [3.05, 3.63) is 0 Å². The van der Waals surface area contributed by atoms with Gasteiger partial charge in [0.25, 0.3) is 0 Å². The molecule has 0 aromatic heterocycles. The predicted molar refractivity (Wildman–Crippen MR) is 46.4 cm³/mol.